The minimum absolute atomic E-state index is 0.118. The third kappa shape index (κ3) is 4.93. The van der Waals surface area contributed by atoms with E-state index >= 15 is 0 Å². The number of anilines is 1. The van der Waals surface area contributed by atoms with Crippen LogP contribution in [0, 0.1) is 6.92 Å². The standard InChI is InChI=1S/C19H26N2O3S2/c1-14-10-11-18(25-14)26(23,24)20-12-13-21(15(2)22)17-9-7-6-8-16(17)19(3,4)5/h6-11,20H,12-13H2,1-5H3. The number of nitrogens with zero attached hydrogens (tertiary/aromatic N) is 1. The van der Waals surface area contributed by atoms with Crippen LogP contribution in [0.3, 0.4) is 0 Å². The molecule has 0 unspecified atom stereocenters. The molecule has 0 saturated heterocycles. The fraction of sp³-hybridized carbons (Fsp3) is 0.421. The lowest BCUT2D eigenvalue weighted by Gasteiger charge is -2.29. The van der Waals surface area contributed by atoms with Gasteiger partial charge in [0.05, 0.1) is 0 Å². The predicted octanol–water partition coefficient (Wildman–Crippen LogP) is 3.69. The summed E-state index contributed by atoms with van der Waals surface area (Å²) < 4.78 is 27.6. The minimum atomic E-state index is -3.55. The number of para-hydroxylation sites is 1. The number of thiophene rings is 1. The Bertz CT molecular complexity index is 880. The molecule has 0 atom stereocenters. The lowest BCUT2D eigenvalue weighted by Crippen LogP contribution is -2.38. The molecule has 1 aromatic carbocycles. The first kappa shape index (κ1) is 20.6. The van der Waals surface area contributed by atoms with Gasteiger partial charge in [-0.2, -0.15) is 0 Å². The third-order valence-corrected chi connectivity index (χ3v) is 6.94. The SMILES string of the molecule is CC(=O)N(CCNS(=O)(=O)c1ccc(C)s1)c1ccccc1C(C)(C)C. The summed E-state index contributed by atoms with van der Waals surface area (Å²) in [5.41, 5.74) is 1.74. The number of carbonyl (C=O) groups excluding carboxylic acids is 1. The highest BCUT2D eigenvalue weighted by Gasteiger charge is 2.23. The molecule has 142 valence electrons. The van der Waals surface area contributed by atoms with Crippen LogP contribution >= 0.6 is 11.3 Å². The molecule has 1 aromatic heterocycles. The summed E-state index contributed by atoms with van der Waals surface area (Å²) in [6.07, 6.45) is 0. The monoisotopic (exact) mass is 394 g/mol. The molecule has 0 saturated carbocycles. The molecule has 0 aliphatic heterocycles. The Kier molecular flexibility index (Phi) is 6.26. The van der Waals surface area contributed by atoms with Crippen LogP contribution in [0.5, 0.6) is 0 Å². The van der Waals surface area contributed by atoms with Crippen molar-refractivity contribution in [2.45, 2.75) is 44.2 Å². The highest BCUT2D eigenvalue weighted by Crippen LogP contribution is 2.31. The number of hydrogen-bond acceptors (Lipinski definition) is 4. The molecule has 0 aliphatic carbocycles. The van der Waals surface area contributed by atoms with Gasteiger partial charge in [-0.1, -0.05) is 39.0 Å². The first-order chi connectivity index (χ1) is 12.0. The van der Waals surface area contributed by atoms with Crippen LogP contribution in [0.25, 0.3) is 0 Å². The van der Waals surface area contributed by atoms with Crippen LogP contribution in [-0.2, 0) is 20.2 Å². The van der Waals surface area contributed by atoms with Crippen molar-refractivity contribution in [1.82, 2.24) is 4.72 Å². The average Bonchev–Trinajstić information content (AvgIpc) is 2.98. The van der Waals surface area contributed by atoms with Crippen molar-refractivity contribution in [3.63, 3.8) is 0 Å². The normalized spacial score (nSPS) is 12.2. The van der Waals surface area contributed by atoms with E-state index in [-0.39, 0.29) is 24.4 Å². The number of hydrogen-bond donors (Lipinski definition) is 1. The zero-order valence-electron chi connectivity index (χ0n) is 15.9. The molecule has 1 heterocycles. The van der Waals surface area contributed by atoms with E-state index in [1.807, 2.05) is 31.2 Å². The first-order valence-electron chi connectivity index (χ1n) is 8.46. The van der Waals surface area contributed by atoms with E-state index in [1.165, 1.54) is 18.3 Å². The van der Waals surface area contributed by atoms with Crippen molar-refractivity contribution < 1.29 is 13.2 Å². The lowest BCUT2D eigenvalue weighted by atomic mass is 9.85. The molecule has 0 aliphatic rings. The Morgan fingerprint density at radius 3 is 2.35 bits per heavy atom. The van der Waals surface area contributed by atoms with Crippen LogP contribution in [0.2, 0.25) is 0 Å². The number of sulfonamides is 1. The Morgan fingerprint density at radius 2 is 1.81 bits per heavy atom. The molecule has 0 bridgehead atoms. The molecule has 1 N–H and O–H groups in total. The Morgan fingerprint density at radius 1 is 1.15 bits per heavy atom. The quantitative estimate of drug-likeness (QED) is 0.813. The molecule has 0 spiro atoms. The van der Waals surface area contributed by atoms with Gasteiger partial charge in [-0.25, -0.2) is 13.1 Å². The molecule has 5 nitrogen and oxygen atoms in total. The van der Waals surface area contributed by atoms with Gasteiger partial charge in [0.25, 0.3) is 0 Å². The van der Waals surface area contributed by atoms with Gasteiger partial charge in [0.1, 0.15) is 4.21 Å². The van der Waals surface area contributed by atoms with Crippen molar-refractivity contribution in [3.8, 4) is 0 Å². The van der Waals surface area contributed by atoms with Crippen LogP contribution in [0.4, 0.5) is 5.69 Å². The smallest absolute Gasteiger partial charge is 0.250 e. The van der Waals surface area contributed by atoms with Crippen molar-refractivity contribution in [3.05, 3.63) is 46.8 Å². The molecular formula is C19H26N2O3S2. The van der Waals surface area contributed by atoms with E-state index in [4.69, 9.17) is 0 Å². The van der Waals surface area contributed by atoms with Crippen molar-refractivity contribution in [2.75, 3.05) is 18.0 Å². The van der Waals surface area contributed by atoms with E-state index < -0.39 is 10.0 Å². The third-order valence-electron chi connectivity index (χ3n) is 3.99. The lowest BCUT2D eigenvalue weighted by molar-refractivity contribution is -0.116. The number of aryl methyl sites for hydroxylation is 1. The molecule has 0 radical (unpaired) electrons. The molecule has 7 heteroatoms. The molecule has 0 fully saturated rings. The molecule has 2 aromatic rings. The van der Waals surface area contributed by atoms with Gasteiger partial charge in [-0.3, -0.25) is 4.79 Å². The Hall–Kier alpha value is -1.70. The second-order valence-electron chi connectivity index (χ2n) is 7.20. The topological polar surface area (TPSA) is 66.5 Å². The van der Waals surface area contributed by atoms with E-state index in [0.717, 1.165) is 16.1 Å². The second kappa shape index (κ2) is 7.90. The summed E-state index contributed by atoms with van der Waals surface area (Å²) in [5.74, 6) is -0.118. The van der Waals surface area contributed by atoms with E-state index in [0.29, 0.717) is 4.21 Å². The van der Waals surface area contributed by atoms with E-state index in [1.54, 1.807) is 17.0 Å². The maximum atomic E-state index is 12.4. The maximum Gasteiger partial charge on any atom is 0.250 e. The second-order valence-corrected chi connectivity index (χ2v) is 10.5. The van der Waals surface area contributed by atoms with Gasteiger partial charge in [0.2, 0.25) is 15.9 Å². The fourth-order valence-corrected chi connectivity index (χ4v) is 5.06. The number of rotatable bonds is 6. The first-order valence-corrected chi connectivity index (χ1v) is 10.8. The van der Waals surface area contributed by atoms with E-state index in [2.05, 4.69) is 25.5 Å². The Balaban J connectivity index is 2.17. The summed E-state index contributed by atoms with van der Waals surface area (Å²) in [6.45, 7) is 10.1. The van der Waals surface area contributed by atoms with Gasteiger partial charge in [-0.05, 0) is 36.1 Å². The largest absolute Gasteiger partial charge is 0.311 e. The zero-order chi connectivity index (χ0) is 19.5. The zero-order valence-corrected chi connectivity index (χ0v) is 17.5. The predicted molar refractivity (Wildman–Crippen MR) is 107 cm³/mol. The molecule has 2 rings (SSSR count). The van der Waals surface area contributed by atoms with Gasteiger partial charge >= 0.3 is 0 Å². The maximum absolute atomic E-state index is 12.4. The van der Waals surface area contributed by atoms with Gasteiger partial charge in [0, 0.05) is 30.6 Å². The molecule has 26 heavy (non-hydrogen) atoms. The average molecular weight is 395 g/mol. The number of benzene rings is 1. The highest BCUT2D eigenvalue weighted by atomic mass is 32.2. The van der Waals surface area contributed by atoms with E-state index in [9.17, 15) is 13.2 Å². The summed E-state index contributed by atoms with van der Waals surface area (Å²) in [7, 11) is -3.55. The van der Waals surface area contributed by atoms with Gasteiger partial charge in [-0.15, -0.1) is 11.3 Å². The number of amides is 1. The number of carbonyl (C=O) groups is 1. The highest BCUT2D eigenvalue weighted by molar-refractivity contribution is 7.91. The van der Waals surface area contributed by atoms with Crippen molar-refractivity contribution in [2.24, 2.45) is 0 Å². The minimum Gasteiger partial charge on any atom is -0.311 e. The van der Waals surface area contributed by atoms with Crippen LogP contribution in [-0.4, -0.2) is 27.4 Å². The summed E-state index contributed by atoms with van der Waals surface area (Å²) in [5, 5.41) is 0. The van der Waals surface area contributed by atoms with Crippen LogP contribution < -0.4 is 9.62 Å². The van der Waals surface area contributed by atoms with Crippen LogP contribution in [0.1, 0.15) is 38.1 Å². The van der Waals surface area contributed by atoms with Gasteiger partial charge in [0.15, 0.2) is 0 Å². The summed E-state index contributed by atoms with van der Waals surface area (Å²) in [4.78, 5) is 14.8. The summed E-state index contributed by atoms with van der Waals surface area (Å²) >= 11 is 1.23. The fourth-order valence-electron chi connectivity index (χ4n) is 2.71. The molecule has 1 amide bonds. The van der Waals surface area contributed by atoms with Crippen molar-refractivity contribution in [1.29, 1.82) is 0 Å². The van der Waals surface area contributed by atoms with Gasteiger partial charge < -0.3 is 4.90 Å². The Labute approximate surface area is 160 Å². The van der Waals surface area contributed by atoms with Crippen molar-refractivity contribution >= 4 is 33.0 Å². The van der Waals surface area contributed by atoms with Crippen LogP contribution in [0.15, 0.2) is 40.6 Å². The number of nitrogens with one attached hydrogen (secondary N) is 1. The molecular weight excluding hydrogens is 368 g/mol. The summed E-state index contributed by atoms with van der Waals surface area (Å²) in [6, 6.07) is 11.1.